The summed E-state index contributed by atoms with van der Waals surface area (Å²) in [6, 6.07) is 14.3. The summed E-state index contributed by atoms with van der Waals surface area (Å²) < 4.78 is 11.3. The number of fused-ring (bicyclic) bond motifs is 1. The van der Waals surface area contributed by atoms with Crippen LogP contribution in [0, 0.1) is 13.8 Å². The predicted molar refractivity (Wildman–Crippen MR) is 76.5 cm³/mol. The van der Waals surface area contributed by atoms with Gasteiger partial charge in [-0.05, 0) is 37.6 Å². The highest BCUT2D eigenvalue weighted by molar-refractivity contribution is 5.81. The van der Waals surface area contributed by atoms with Gasteiger partial charge in [-0.1, -0.05) is 29.8 Å². The minimum atomic E-state index is 0.527. The summed E-state index contributed by atoms with van der Waals surface area (Å²) in [4.78, 5) is 0. The van der Waals surface area contributed by atoms with Gasteiger partial charge < -0.3 is 9.15 Å². The van der Waals surface area contributed by atoms with E-state index < -0.39 is 0 Å². The minimum Gasteiger partial charge on any atom is -0.489 e. The Morgan fingerprint density at radius 2 is 1.68 bits per heavy atom. The summed E-state index contributed by atoms with van der Waals surface area (Å²) in [5.74, 6) is 0.882. The Morgan fingerprint density at radius 1 is 0.947 bits per heavy atom. The molecule has 2 heteroatoms. The minimum absolute atomic E-state index is 0.527. The molecular weight excluding hydrogens is 236 g/mol. The normalized spacial score (nSPS) is 10.8. The molecule has 96 valence electrons. The van der Waals surface area contributed by atoms with Crippen LogP contribution in [-0.4, -0.2) is 0 Å². The highest BCUT2D eigenvalue weighted by Crippen LogP contribution is 2.23. The van der Waals surface area contributed by atoms with Crippen LogP contribution < -0.4 is 4.74 Å². The number of ether oxygens (including phenoxy) is 1. The van der Waals surface area contributed by atoms with Crippen LogP contribution >= 0.6 is 0 Å². The summed E-state index contributed by atoms with van der Waals surface area (Å²) in [5.41, 5.74) is 4.43. The molecule has 0 aliphatic carbocycles. The first-order chi connectivity index (χ1) is 9.22. The van der Waals surface area contributed by atoms with E-state index in [0.717, 1.165) is 22.3 Å². The van der Waals surface area contributed by atoms with E-state index >= 15 is 0 Å². The molecule has 0 N–H and O–H groups in total. The molecule has 2 nitrogen and oxygen atoms in total. The first-order valence-electron chi connectivity index (χ1n) is 6.38. The first-order valence-corrected chi connectivity index (χ1v) is 6.38. The molecule has 0 aliphatic heterocycles. The first kappa shape index (κ1) is 11.8. The molecule has 0 atom stereocenters. The van der Waals surface area contributed by atoms with E-state index in [1.165, 1.54) is 11.1 Å². The zero-order valence-electron chi connectivity index (χ0n) is 11.1. The fourth-order valence-electron chi connectivity index (χ4n) is 2.10. The van der Waals surface area contributed by atoms with Gasteiger partial charge in [0.1, 0.15) is 17.9 Å². The molecule has 1 aromatic heterocycles. The van der Waals surface area contributed by atoms with Crippen molar-refractivity contribution < 1.29 is 9.15 Å². The van der Waals surface area contributed by atoms with Gasteiger partial charge in [0.05, 0.1) is 6.26 Å². The van der Waals surface area contributed by atoms with E-state index in [-0.39, 0.29) is 0 Å². The van der Waals surface area contributed by atoms with Crippen molar-refractivity contribution in [2.24, 2.45) is 0 Å². The Balaban J connectivity index is 1.80. The molecule has 3 rings (SSSR count). The number of hydrogen-bond acceptors (Lipinski definition) is 2. The lowest BCUT2D eigenvalue weighted by molar-refractivity contribution is 0.306. The predicted octanol–water partition coefficient (Wildman–Crippen LogP) is 4.63. The maximum absolute atomic E-state index is 5.78. The zero-order chi connectivity index (χ0) is 13.2. The molecule has 0 aliphatic rings. The molecule has 3 aromatic rings. The Hall–Kier alpha value is -2.22. The van der Waals surface area contributed by atoms with Crippen LogP contribution in [-0.2, 0) is 6.61 Å². The van der Waals surface area contributed by atoms with Crippen LogP contribution in [0.2, 0.25) is 0 Å². The average molecular weight is 252 g/mol. The highest BCUT2D eigenvalue weighted by Gasteiger charge is 2.06. The van der Waals surface area contributed by atoms with Crippen molar-refractivity contribution in [3.63, 3.8) is 0 Å². The third kappa shape index (κ3) is 2.48. The third-order valence-electron chi connectivity index (χ3n) is 3.23. The Morgan fingerprint density at radius 3 is 2.47 bits per heavy atom. The van der Waals surface area contributed by atoms with Gasteiger partial charge in [0.2, 0.25) is 0 Å². The molecule has 0 fully saturated rings. The summed E-state index contributed by atoms with van der Waals surface area (Å²) >= 11 is 0. The molecule has 0 radical (unpaired) electrons. The van der Waals surface area contributed by atoms with Crippen molar-refractivity contribution in [1.82, 2.24) is 0 Å². The van der Waals surface area contributed by atoms with Crippen LogP contribution in [0.3, 0.4) is 0 Å². The van der Waals surface area contributed by atoms with Crippen molar-refractivity contribution in [3.8, 4) is 5.75 Å². The van der Waals surface area contributed by atoms with Crippen LogP contribution in [0.4, 0.5) is 0 Å². The molecule has 0 unspecified atom stereocenters. The standard InChI is InChI=1S/C17H16O2/c1-12-3-6-15(7-4-12)18-10-14-11-19-17-9-13(2)5-8-16(14)17/h3-9,11H,10H2,1-2H3. The second-order valence-electron chi connectivity index (χ2n) is 4.86. The Kier molecular flexibility index (Phi) is 3.00. The van der Waals surface area contributed by atoms with Crippen molar-refractivity contribution in [2.75, 3.05) is 0 Å². The summed E-state index contributed by atoms with van der Waals surface area (Å²) in [5, 5.41) is 1.12. The Labute approximate surface area is 112 Å². The molecule has 2 aromatic carbocycles. The van der Waals surface area contributed by atoms with Crippen LogP contribution in [0.5, 0.6) is 5.75 Å². The molecule has 19 heavy (non-hydrogen) atoms. The monoisotopic (exact) mass is 252 g/mol. The lowest BCUT2D eigenvalue weighted by Gasteiger charge is -2.05. The lowest BCUT2D eigenvalue weighted by Crippen LogP contribution is -1.94. The van der Waals surface area contributed by atoms with Gasteiger partial charge in [0.15, 0.2) is 0 Å². The van der Waals surface area contributed by atoms with E-state index in [2.05, 4.69) is 26.0 Å². The summed E-state index contributed by atoms with van der Waals surface area (Å²) in [6.07, 6.45) is 1.78. The summed E-state index contributed by atoms with van der Waals surface area (Å²) in [6.45, 7) is 4.65. The molecule has 0 amide bonds. The van der Waals surface area contributed by atoms with Crippen molar-refractivity contribution in [3.05, 3.63) is 65.4 Å². The molecule has 0 saturated carbocycles. The number of benzene rings is 2. The maximum atomic E-state index is 5.78. The topological polar surface area (TPSA) is 22.4 Å². The number of rotatable bonds is 3. The van der Waals surface area contributed by atoms with Crippen LogP contribution in [0.1, 0.15) is 16.7 Å². The second kappa shape index (κ2) is 4.81. The van der Waals surface area contributed by atoms with Crippen molar-refractivity contribution in [2.45, 2.75) is 20.5 Å². The molecule has 0 saturated heterocycles. The SMILES string of the molecule is Cc1ccc(OCc2coc3cc(C)ccc23)cc1. The maximum Gasteiger partial charge on any atom is 0.134 e. The van der Waals surface area contributed by atoms with E-state index in [9.17, 15) is 0 Å². The third-order valence-corrected chi connectivity index (χ3v) is 3.23. The molecular formula is C17H16O2. The second-order valence-corrected chi connectivity index (χ2v) is 4.86. The largest absolute Gasteiger partial charge is 0.489 e. The molecule has 0 spiro atoms. The fraction of sp³-hybridized carbons (Fsp3) is 0.176. The van der Waals surface area contributed by atoms with Gasteiger partial charge in [-0.2, -0.15) is 0 Å². The van der Waals surface area contributed by atoms with Gasteiger partial charge in [-0.3, -0.25) is 0 Å². The van der Waals surface area contributed by atoms with Gasteiger partial charge in [0.25, 0.3) is 0 Å². The van der Waals surface area contributed by atoms with E-state index in [1.54, 1.807) is 6.26 Å². The van der Waals surface area contributed by atoms with Crippen molar-refractivity contribution >= 4 is 11.0 Å². The van der Waals surface area contributed by atoms with Crippen molar-refractivity contribution in [1.29, 1.82) is 0 Å². The smallest absolute Gasteiger partial charge is 0.134 e. The van der Waals surface area contributed by atoms with Crippen LogP contribution in [0.25, 0.3) is 11.0 Å². The number of hydrogen-bond donors (Lipinski definition) is 0. The summed E-state index contributed by atoms with van der Waals surface area (Å²) in [7, 11) is 0. The van der Waals surface area contributed by atoms with E-state index in [4.69, 9.17) is 9.15 Å². The van der Waals surface area contributed by atoms with E-state index in [0.29, 0.717) is 6.61 Å². The van der Waals surface area contributed by atoms with E-state index in [1.807, 2.05) is 30.3 Å². The van der Waals surface area contributed by atoms with Gasteiger partial charge in [-0.15, -0.1) is 0 Å². The average Bonchev–Trinajstić information content (AvgIpc) is 2.80. The van der Waals surface area contributed by atoms with Gasteiger partial charge in [0, 0.05) is 10.9 Å². The Bertz CT molecular complexity index is 693. The molecule has 0 bridgehead atoms. The van der Waals surface area contributed by atoms with Gasteiger partial charge >= 0.3 is 0 Å². The fourth-order valence-corrected chi connectivity index (χ4v) is 2.10. The number of aryl methyl sites for hydroxylation is 2. The van der Waals surface area contributed by atoms with Crippen LogP contribution in [0.15, 0.2) is 53.1 Å². The highest BCUT2D eigenvalue weighted by atomic mass is 16.5. The number of furan rings is 1. The molecule has 1 heterocycles. The lowest BCUT2D eigenvalue weighted by atomic mass is 10.1. The zero-order valence-corrected chi connectivity index (χ0v) is 11.1. The van der Waals surface area contributed by atoms with Gasteiger partial charge in [-0.25, -0.2) is 0 Å². The quantitative estimate of drug-likeness (QED) is 0.678.